The van der Waals surface area contributed by atoms with Gasteiger partial charge < -0.3 is 15.4 Å². The van der Waals surface area contributed by atoms with Crippen molar-refractivity contribution in [2.24, 2.45) is 5.92 Å². The number of halogens is 4. The number of nitrogens with two attached hydrogens (primary N) is 1. The highest BCUT2D eigenvalue weighted by Gasteiger charge is 2.36. The molecule has 2 amide bonds. The van der Waals surface area contributed by atoms with E-state index in [0.29, 0.717) is 59.9 Å². The number of amides is 2. The molecule has 3 N–H and O–H groups in total. The van der Waals surface area contributed by atoms with E-state index in [2.05, 4.69) is 20.1 Å². The maximum Gasteiger partial charge on any atom is 0.243 e. The van der Waals surface area contributed by atoms with Crippen molar-refractivity contribution in [2.45, 2.75) is 76.7 Å². The highest BCUT2D eigenvalue weighted by Crippen LogP contribution is 2.39. The number of piperazine rings is 1. The molecule has 11 nitrogen and oxygen atoms in total. The number of pyridine rings is 1. The van der Waals surface area contributed by atoms with Crippen LogP contribution < -0.4 is 20.7 Å². The fraction of sp³-hybridized carbons (Fsp3) is 0.450. The normalized spacial score (nSPS) is 22.8. The van der Waals surface area contributed by atoms with Gasteiger partial charge in [-0.3, -0.25) is 29.4 Å². The van der Waals surface area contributed by atoms with Gasteiger partial charge in [0.25, 0.3) is 0 Å². The summed E-state index contributed by atoms with van der Waals surface area (Å²) in [5.41, 5.74) is 10.8. The van der Waals surface area contributed by atoms with Gasteiger partial charge in [0.1, 0.15) is 17.7 Å². The summed E-state index contributed by atoms with van der Waals surface area (Å²) in [4.78, 5) is 35.1. The number of carbonyl (C=O) groups is 2. The lowest BCUT2D eigenvalue weighted by molar-refractivity contribution is -0.137. The molecule has 0 radical (unpaired) electrons. The Hall–Kier alpha value is -4.30. The molecule has 5 heterocycles. The van der Waals surface area contributed by atoms with Crippen molar-refractivity contribution in [1.29, 1.82) is 0 Å². The quantitative estimate of drug-likeness (QED) is 0.137. The van der Waals surface area contributed by atoms with Crippen LogP contribution in [0.1, 0.15) is 74.3 Å². The van der Waals surface area contributed by atoms with Gasteiger partial charge in [-0.25, -0.2) is 13.8 Å². The molecule has 0 bridgehead atoms. The van der Waals surface area contributed by atoms with E-state index in [0.717, 1.165) is 80.7 Å². The number of anilines is 2. The number of nitrogens with one attached hydrogen (secondary N) is 1. The molecule has 8 rings (SSSR count). The van der Waals surface area contributed by atoms with Crippen LogP contribution in [0.4, 0.5) is 20.3 Å². The van der Waals surface area contributed by atoms with Gasteiger partial charge in [0, 0.05) is 86.3 Å². The van der Waals surface area contributed by atoms with Crippen LogP contribution >= 0.6 is 23.2 Å². The van der Waals surface area contributed by atoms with E-state index in [1.165, 1.54) is 12.1 Å². The Morgan fingerprint density at radius 2 is 1.69 bits per heavy atom. The zero-order valence-corrected chi connectivity index (χ0v) is 32.1. The number of piperidine rings is 1. The van der Waals surface area contributed by atoms with Crippen LogP contribution in [0.3, 0.4) is 0 Å². The monoisotopic (exact) mass is 792 g/mol. The van der Waals surface area contributed by atoms with Gasteiger partial charge in [-0.2, -0.15) is 5.10 Å². The summed E-state index contributed by atoms with van der Waals surface area (Å²) in [6, 6.07) is 8.00. The van der Waals surface area contributed by atoms with E-state index in [-0.39, 0.29) is 34.5 Å². The Morgan fingerprint density at radius 3 is 2.44 bits per heavy atom. The summed E-state index contributed by atoms with van der Waals surface area (Å²) in [5, 5.41) is 7.36. The van der Waals surface area contributed by atoms with Gasteiger partial charge in [0.2, 0.25) is 11.8 Å². The molecule has 3 aliphatic heterocycles. The first-order valence-corrected chi connectivity index (χ1v) is 19.7. The third-order valence-electron chi connectivity index (χ3n) is 11.7. The Morgan fingerprint density at radius 1 is 0.945 bits per heavy atom. The lowest BCUT2D eigenvalue weighted by Gasteiger charge is -2.39. The van der Waals surface area contributed by atoms with Gasteiger partial charge in [-0.05, 0) is 86.4 Å². The molecule has 2 atom stereocenters. The molecule has 290 valence electrons. The molecule has 1 unspecified atom stereocenters. The number of hydrogen-bond donors (Lipinski definition) is 2. The lowest BCUT2D eigenvalue weighted by atomic mass is 9.85. The molecule has 2 aromatic heterocycles. The van der Waals surface area contributed by atoms with E-state index < -0.39 is 11.9 Å². The zero-order valence-electron chi connectivity index (χ0n) is 30.6. The summed E-state index contributed by atoms with van der Waals surface area (Å²) < 4.78 is 37.7. The largest absolute Gasteiger partial charge is 0.482 e. The Kier molecular flexibility index (Phi) is 10.7. The van der Waals surface area contributed by atoms with Gasteiger partial charge in [-0.1, -0.05) is 23.2 Å². The van der Waals surface area contributed by atoms with Crippen molar-refractivity contribution in [3.63, 3.8) is 0 Å². The molecule has 2 aromatic carbocycles. The van der Waals surface area contributed by atoms with Gasteiger partial charge >= 0.3 is 0 Å². The average molecular weight is 794 g/mol. The molecule has 15 heteroatoms. The SMILES string of the molecule is C[C@@H](Oc1cc(-c2cnn(C3CCC(CN4CCN(c5cc6c(cc5F)CN(C5CCC(=O)NC5=O)C6)CC4)CC3)c2)cnc1N)c1c(Cl)ccc(F)c1Cl. The first-order chi connectivity index (χ1) is 26.5. The Labute approximate surface area is 328 Å². The number of benzene rings is 2. The zero-order chi connectivity index (χ0) is 38.4. The minimum absolute atomic E-state index is 0.0902. The number of nitrogen functional groups attached to an aromatic ring is 1. The molecule has 0 spiro atoms. The second-order valence-corrected chi connectivity index (χ2v) is 16.0. The van der Waals surface area contributed by atoms with Crippen molar-refractivity contribution >= 4 is 46.5 Å². The molecule has 3 fully saturated rings. The number of fused-ring (bicyclic) bond motifs is 1. The fourth-order valence-electron chi connectivity index (χ4n) is 8.61. The Balaban J connectivity index is 0.821. The van der Waals surface area contributed by atoms with Gasteiger partial charge in [-0.15, -0.1) is 0 Å². The number of ether oxygens (including phenoxy) is 1. The van der Waals surface area contributed by atoms with E-state index in [4.69, 9.17) is 38.8 Å². The summed E-state index contributed by atoms with van der Waals surface area (Å²) in [5.74, 6) is -0.154. The topological polar surface area (TPSA) is 122 Å². The minimum Gasteiger partial charge on any atom is -0.482 e. The first kappa shape index (κ1) is 37.6. The number of rotatable bonds is 9. The average Bonchev–Trinajstić information content (AvgIpc) is 3.82. The van der Waals surface area contributed by atoms with Crippen LogP contribution in [0.5, 0.6) is 5.75 Å². The predicted octanol–water partition coefficient (Wildman–Crippen LogP) is 6.93. The van der Waals surface area contributed by atoms with E-state index in [1.807, 2.05) is 28.0 Å². The first-order valence-electron chi connectivity index (χ1n) is 19.0. The second kappa shape index (κ2) is 15.7. The van der Waals surface area contributed by atoms with Crippen LogP contribution in [0.25, 0.3) is 11.1 Å². The number of hydrogen-bond acceptors (Lipinski definition) is 9. The number of carbonyl (C=O) groups excluding carboxylic acids is 2. The van der Waals surface area contributed by atoms with Gasteiger partial charge in [0.05, 0.1) is 29.0 Å². The van der Waals surface area contributed by atoms with Gasteiger partial charge in [0.15, 0.2) is 11.6 Å². The van der Waals surface area contributed by atoms with Crippen LogP contribution in [0.15, 0.2) is 48.9 Å². The number of imide groups is 1. The van der Waals surface area contributed by atoms with Crippen LogP contribution in [-0.4, -0.2) is 75.1 Å². The maximum atomic E-state index is 15.4. The minimum atomic E-state index is -0.675. The molecule has 2 saturated heterocycles. The number of nitrogens with zero attached hydrogens (tertiary/aromatic N) is 6. The summed E-state index contributed by atoms with van der Waals surface area (Å²) in [6.07, 6.45) is 9.97. The molecule has 1 aliphatic carbocycles. The molecule has 1 saturated carbocycles. The summed E-state index contributed by atoms with van der Waals surface area (Å²) in [6.45, 7) is 7.13. The number of aromatic nitrogens is 3. The van der Waals surface area contributed by atoms with E-state index in [9.17, 15) is 14.0 Å². The third kappa shape index (κ3) is 7.89. The van der Waals surface area contributed by atoms with Crippen LogP contribution in [0, 0.1) is 17.6 Å². The van der Waals surface area contributed by atoms with E-state index in [1.54, 1.807) is 25.3 Å². The van der Waals surface area contributed by atoms with Crippen molar-refractivity contribution in [3.8, 4) is 16.9 Å². The molecule has 4 aliphatic rings. The smallest absolute Gasteiger partial charge is 0.243 e. The van der Waals surface area contributed by atoms with Crippen LogP contribution in [-0.2, 0) is 22.7 Å². The van der Waals surface area contributed by atoms with Crippen molar-refractivity contribution in [2.75, 3.05) is 43.4 Å². The predicted molar refractivity (Wildman–Crippen MR) is 207 cm³/mol. The summed E-state index contributed by atoms with van der Waals surface area (Å²) in [7, 11) is 0. The third-order valence-corrected chi connectivity index (χ3v) is 12.4. The standard InChI is InChI=1S/C40H44Cl2F2N8O3/c1-23(37-30(41)6-7-31(43)38(37)42)55-35-16-25(17-46-39(35)45)28-18-47-52(22-28)29-4-2-24(3-5-29)19-49-10-12-50(13-11-49)34-15-27-21-51(20-26(27)14-32(34)44)33-8-9-36(53)48-40(33)54/h6-7,14-18,22-24,29,33H,2-5,8-13,19-21H2,1H3,(H2,45,46)(H,48,53,54)/t23-,24?,29?,33?/m1/s1. The lowest BCUT2D eigenvalue weighted by Crippen LogP contribution is -2.50. The van der Waals surface area contributed by atoms with E-state index >= 15 is 4.39 Å². The highest BCUT2D eigenvalue weighted by molar-refractivity contribution is 6.36. The Bertz CT molecular complexity index is 2100. The van der Waals surface area contributed by atoms with Crippen molar-refractivity contribution in [1.82, 2.24) is 29.9 Å². The fourth-order valence-corrected chi connectivity index (χ4v) is 9.29. The van der Waals surface area contributed by atoms with Crippen molar-refractivity contribution in [3.05, 3.63) is 87.3 Å². The molecule has 4 aromatic rings. The molecular formula is C40H44Cl2F2N8O3. The summed E-state index contributed by atoms with van der Waals surface area (Å²) >= 11 is 12.5. The highest BCUT2D eigenvalue weighted by atomic mass is 35.5. The molecular weight excluding hydrogens is 749 g/mol. The maximum absolute atomic E-state index is 15.4. The second-order valence-electron chi connectivity index (χ2n) is 15.2. The molecule has 55 heavy (non-hydrogen) atoms. The van der Waals surface area contributed by atoms with Crippen molar-refractivity contribution < 1.29 is 23.1 Å². The van der Waals surface area contributed by atoms with Crippen LogP contribution in [0.2, 0.25) is 10.0 Å².